The Morgan fingerprint density at radius 1 is 1.10 bits per heavy atom. The third-order valence-electron chi connectivity index (χ3n) is 8.76. The van der Waals surface area contributed by atoms with E-state index in [4.69, 9.17) is 0 Å². The minimum Gasteiger partial charge on any atom is -0.378 e. The Balaban J connectivity index is 1.32. The number of rotatable bonds is 8. The molecule has 2 aliphatic carbocycles. The summed E-state index contributed by atoms with van der Waals surface area (Å²) in [6.45, 7) is 2.12. The van der Waals surface area contributed by atoms with Gasteiger partial charge in [-0.05, 0) is 80.5 Å². The van der Waals surface area contributed by atoms with E-state index in [1.807, 2.05) is 0 Å². The van der Waals surface area contributed by atoms with Crippen LogP contribution in [0.25, 0.3) is 22.2 Å². The third kappa shape index (κ3) is 6.46. The monoisotopic (exact) mass is 698 g/mol. The van der Waals surface area contributed by atoms with Crippen LogP contribution in [0, 0.1) is 29.4 Å². The van der Waals surface area contributed by atoms with Gasteiger partial charge in [-0.2, -0.15) is 27.1 Å². The van der Waals surface area contributed by atoms with Crippen LogP contribution in [-0.4, -0.2) is 46.8 Å². The topological polar surface area (TPSA) is 112 Å². The maximum atomic E-state index is 15.3. The van der Waals surface area contributed by atoms with Gasteiger partial charge in [0.1, 0.15) is 40.5 Å². The van der Waals surface area contributed by atoms with Crippen molar-refractivity contribution in [3.05, 3.63) is 100 Å². The lowest BCUT2D eigenvalue weighted by atomic mass is 9.95. The molecular weight excluding hydrogens is 669 g/mol. The average molecular weight is 699 g/mol. The molecule has 1 aromatic carbocycles. The highest BCUT2D eigenvalue weighted by Gasteiger charge is 2.68. The Bertz CT molecular complexity index is 2160. The van der Waals surface area contributed by atoms with Gasteiger partial charge in [0, 0.05) is 46.5 Å². The number of aliphatic hydroxyl groups is 2. The van der Waals surface area contributed by atoms with Gasteiger partial charge < -0.3 is 15.2 Å². The number of alkyl halides is 5. The zero-order valence-corrected chi connectivity index (χ0v) is 26.5. The highest BCUT2D eigenvalue weighted by molar-refractivity contribution is 5.82. The highest BCUT2D eigenvalue weighted by atomic mass is 19.4. The maximum Gasteiger partial charge on any atom is 0.435 e. The number of aliphatic hydroxyl groups excluding tert-OH is 1. The number of halogens is 7. The van der Waals surface area contributed by atoms with Crippen molar-refractivity contribution in [1.82, 2.24) is 30.0 Å². The number of fused-ring (bicyclic) bond motifs is 4. The normalized spacial score (nSPS) is 19.1. The predicted octanol–water partition coefficient (Wildman–Crippen LogP) is 6.34. The van der Waals surface area contributed by atoms with Gasteiger partial charge in [0.15, 0.2) is 5.69 Å². The number of nitrogens with one attached hydrogen (secondary N) is 2. The summed E-state index contributed by atoms with van der Waals surface area (Å²) < 4.78 is 101. The molecule has 2 aliphatic rings. The molecule has 0 radical (unpaired) electrons. The van der Waals surface area contributed by atoms with Crippen molar-refractivity contribution in [1.29, 1.82) is 0 Å². The molecule has 0 saturated heterocycles. The van der Waals surface area contributed by atoms with Crippen LogP contribution in [-0.2, 0) is 25.1 Å². The fraction of sp³-hybridized carbons (Fsp3) is 0.343. The van der Waals surface area contributed by atoms with Gasteiger partial charge in [-0.25, -0.2) is 18.7 Å². The van der Waals surface area contributed by atoms with Crippen LogP contribution in [0.5, 0.6) is 0 Å². The smallest absolute Gasteiger partial charge is 0.378 e. The van der Waals surface area contributed by atoms with Crippen molar-refractivity contribution in [2.75, 3.05) is 0 Å². The molecule has 15 heteroatoms. The van der Waals surface area contributed by atoms with Crippen molar-refractivity contribution in [3.63, 3.8) is 0 Å². The Kier molecular flexibility index (Phi) is 8.04. The van der Waals surface area contributed by atoms with Crippen LogP contribution < -0.4 is 5.32 Å². The molecule has 8 nitrogen and oxygen atoms in total. The van der Waals surface area contributed by atoms with E-state index < -0.39 is 76.9 Å². The number of H-pyrrole nitrogens is 1. The molecular formula is C35H29F7N6O2. The van der Waals surface area contributed by atoms with Crippen molar-refractivity contribution >= 4 is 11.0 Å². The largest absolute Gasteiger partial charge is 0.435 e. The van der Waals surface area contributed by atoms with E-state index in [1.54, 1.807) is 36.7 Å². The van der Waals surface area contributed by atoms with Crippen LogP contribution in [0.1, 0.15) is 66.1 Å². The number of pyridine rings is 2. The summed E-state index contributed by atoms with van der Waals surface area (Å²) in [4.78, 5) is 12.1. The van der Waals surface area contributed by atoms with Gasteiger partial charge in [0.2, 0.25) is 0 Å². The second-order valence-electron chi connectivity index (χ2n) is 13.2. The molecule has 0 amide bonds. The molecule has 0 bridgehead atoms. The minimum atomic E-state index is -5.00. The number of aromatic amines is 1. The zero-order valence-electron chi connectivity index (χ0n) is 26.5. The standard InChI is InChI=1S/C35H29F7N6O2/c1-33(2,50)7-5-22-3-4-23(19-12-18-6-8-43-32(18)44-15-19)29(45-22)26(11-17-9-20(36)13-21(37)10-17)46-27(49)16-48-31-28(30(47-48)35(40,41)42)24-14-25(24)34(31,38)39/h3-4,6,8-10,12-13,15,24-27,46,49-50H,11,14,16H2,1-2H3,(H,43,44)/t24-,25+,26-,27?/m0/s1. The van der Waals surface area contributed by atoms with Gasteiger partial charge in [0.25, 0.3) is 5.92 Å². The van der Waals surface area contributed by atoms with E-state index >= 15 is 8.78 Å². The number of aromatic nitrogens is 5. The molecule has 50 heavy (non-hydrogen) atoms. The minimum absolute atomic E-state index is 0.0909. The number of hydrogen-bond donors (Lipinski definition) is 4. The summed E-state index contributed by atoms with van der Waals surface area (Å²) in [6, 6.07) is 8.50. The Morgan fingerprint density at radius 3 is 2.54 bits per heavy atom. The van der Waals surface area contributed by atoms with E-state index in [2.05, 4.69) is 37.2 Å². The summed E-state index contributed by atoms with van der Waals surface area (Å²) in [5, 5.41) is 28.6. The molecule has 260 valence electrons. The lowest BCUT2D eigenvalue weighted by molar-refractivity contribution is -0.142. The fourth-order valence-electron chi connectivity index (χ4n) is 6.62. The first-order chi connectivity index (χ1) is 23.5. The molecule has 4 heterocycles. The van der Waals surface area contributed by atoms with Crippen molar-refractivity contribution < 1.29 is 40.9 Å². The van der Waals surface area contributed by atoms with Crippen LogP contribution >= 0.6 is 0 Å². The van der Waals surface area contributed by atoms with Gasteiger partial charge in [0.05, 0.1) is 18.3 Å². The predicted molar refractivity (Wildman–Crippen MR) is 166 cm³/mol. The first-order valence-corrected chi connectivity index (χ1v) is 15.6. The Labute approximate surface area is 280 Å². The molecule has 5 aromatic rings. The molecule has 1 fully saturated rings. The average Bonchev–Trinajstić information content (AvgIpc) is 3.41. The lowest BCUT2D eigenvalue weighted by Crippen LogP contribution is -2.39. The van der Waals surface area contributed by atoms with Crippen molar-refractivity contribution in [3.8, 4) is 23.0 Å². The Hall–Kier alpha value is -4.78. The third-order valence-corrected chi connectivity index (χ3v) is 8.76. The number of benzene rings is 1. The van der Waals surface area contributed by atoms with E-state index in [-0.39, 0.29) is 29.8 Å². The lowest BCUT2D eigenvalue weighted by Gasteiger charge is -2.26. The summed E-state index contributed by atoms with van der Waals surface area (Å²) >= 11 is 0. The molecule has 4 N–H and O–H groups in total. The Morgan fingerprint density at radius 2 is 1.84 bits per heavy atom. The second kappa shape index (κ2) is 11.9. The quantitative estimate of drug-likeness (QED) is 0.0856. The van der Waals surface area contributed by atoms with E-state index in [0.29, 0.717) is 27.5 Å². The van der Waals surface area contributed by atoms with Gasteiger partial charge in [-0.3, -0.25) is 10.00 Å². The van der Waals surface area contributed by atoms with Crippen LogP contribution in [0.2, 0.25) is 0 Å². The zero-order chi connectivity index (χ0) is 35.7. The first-order valence-electron chi connectivity index (χ1n) is 15.6. The summed E-state index contributed by atoms with van der Waals surface area (Å²) in [7, 11) is 0. The van der Waals surface area contributed by atoms with Gasteiger partial charge in [-0.15, -0.1) is 0 Å². The van der Waals surface area contributed by atoms with Gasteiger partial charge in [-0.1, -0.05) is 5.92 Å². The molecule has 7 rings (SSSR count). The SMILES string of the molecule is CC(C)(O)C#Cc1ccc(-c2cnc3[nH]ccc3c2)c([C@H](Cc2cc(F)cc(F)c2)NC(O)Cn2nc(C(F)(F)F)c3c2C(F)(F)[C@@H]2C[C@H]32)n1. The van der Waals surface area contributed by atoms with Crippen LogP contribution in [0.15, 0.2) is 54.9 Å². The number of hydrogen-bond acceptors (Lipinski definition) is 6. The second-order valence-corrected chi connectivity index (χ2v) is 13.2. The van der Waals surface area contributed by atoms with Crippen molar-refractivity contribution in [2.24, 2.45) is 5.92 Å². The van der Waals surface area contributed by atoms with E-state index in [9.17, 15) is 32.2 Å². The summed E-state index contributed by atoms with van der Waals surface area (Å²) in [5.41, 5.74) is -2.18. The number of nitrogens with zero attached hydrogens (tertiary/aromatic N) is 4. The molecule has 0 spiro atoms. The molecule has 1 unspecified atom stereocenters. The first kappa shape index (κ1) is 33.7. The highest BCUT2D eigenvalue weighted by Crippen LogP contribution is 2.68. The van der Waals surface area contributed by atoms with Crippen LogP contribution in [0.3, 0.4) is 0 Å². The molecule has 4 aromatic heterocycles. The molecule has 0 aliphatic heterocycles. The molecule has 1 saturated carbocycles. The van der Waals surface area contributed by atoms with E-state index in [1.165, 1.54) is 13.8 Å². The van der Waals surface area contributed by atoms with Crippen LogP contribution in [0.4, 0.5) is 30.7 Å². The maximum absolute atomic E-state index is 15.3. The fourth-order valence-corrected chi connectivity index (χ4v) is 6.62. The van der Waals surface area contributed by atoms with Crippen molar-refractivity contribution in [2.45, 2.75) is 69.1 Å². The molecule has 4 atom stereocenters. The van der Waals surface area contributed by atoms with Gasteiger partial charge >= 0.3 is 6.18 Å². The summed E-state index contributed by atoms with van der Waals surface area (Å²) in [5.74, 6) is -2.16. The van der Waals surface area contributed by atoms with E-state index in [0.717, 1.165) is 17.5 Å². The summed E-state index contributed by atoms with van der Waals surface area (Å²) in [6.07, 6.45) is -3.87.